The quantitative estimate of drug-likeness (QED) is 0.384. The average Bonchev–Trinajstić information content (AvgIpc) is 3.35. The Labute approximate surface area is 231 Å². The van der Waals surface area contributed by atoms with Gasteiger partial charge in [0.2, 0.25) is 0 Å². The molecule has 39 heavy (non-hydrogen) atoms. The van der Waals surface area contributed by atoms with Crippen LogP contribution in [0.2, 0.25) is 0 Å². The Morgan fingerprint density at radius 1 is 1.05 bits per heavy atom. The molecule has 3 heterocycles. The van der Waals surface area contributed by atoms with Gasteiger partial charge in [-0.3, -0.25) is 9.59 Å². The lowest BCUT2D eigenvalue weighted by Crippen LogP contribution is -2.47. The predicted octanol–water partition coefficient (Wildman–Crippen LogP) is 5.60. The van der Waals surface area contributed by atoms with Gasteiger partial charge < -0.3 is 24.5 Å². The number of rotatable bonds is 7. The maximum absolute atomic E-state index is 12.4. The van der Waals surface area contributed by atoms with E-state index in [2.05, 4.69) is 42.1 Å². The highest BCUT2D eigenvalue weighted by Gasteiger charge is 2.43. The Bertz CT molecular complexity index is 1280. The van der Waals surface area contributed by atoms with Crippen LogP contribution in [0.4, 0.5) is 0 Å². The van der Waals surface area contributed by atoms with Crippen LogP contribution in [0.3, 0.4) is 0 Å². The number of carboxylic acids is 1. The van der Waals surface area contributed by atoms with Gasteiger partial charge in [0.1, 0.15) is 5.60 Å². The predicted molar refractivity (Wildman–Crippen MR) is 153 cm³/mol. The highest BCUT2D eigenvalue weighted by molar-refractivity contribution is 5.88. The number of piperidine rings is 1. The molecule has 0 aliphatic carbocycles. The minimum absolute atomic E-state index is 0.00474. The summed E-state index contributed by atoms with van der Waals surface area (Å²) in [5.41, 5.74) is 4.54. The lowest BCUT2D eigenvalue weighted by Gasteiger charge is -2.38. The highest BCUT2D eigenvalue weighted by Crippen LogP contribution is 2.42. The lowest BCUT2D eigenvalue weighted by atomic mass is 9.73. The summed E-state index contributed by atoms with van der Waals surface area (Å²) in [5.74, 6) is -0.886. The molecule has 2 aromatic carbocycles. The van der Waals surface area contributed by atoms with E-state index >= 15 is 0 Å². The molecule has 0 bridgehead atoms. The van der Waals surface area contributed by atoms with Crippen LogP contribution in [0.15, 0.2) is 48.5 Å². The Kier molecular flexibility index (Phi) is 9.13. The van der Waals surface area contributed by atoms with Gasteiger partial charge in [-0.2, -0.15) is 0 Å². The molecule has 2 aliphatic heterocycles. The standard InChI is InChI=1S/C17H21NO3.C15H21NO2/c1-3-11-6-5-7-12-13-8-9-21-17(4-2,10-14(19)20)16(13)18-15(11)12;1-3-18-14(17)15(9-11-16(2)12-10-15)13-7-5-4-6-8-13/h5-7,18H,3-4,8-10H2,1-2H3,(H,19,20);4-8H,3,9-12H2,1-2H3. The maximum atomic E-state index is 12.4. The molecule has 2 N–H and O–H groups in total. The van der Waals surface area contributed by atoms with Crippen LogP contribution in [0.1, 0.15) is 68.8 Å². The number of aliphatic carboxylic acids is 1. The van der Waals surface area contributed by atoms with Crippen molar-refractivity contribution in [2.45, 2.75) is 70.3 Å². The van der Waals surface area contributed by atoms with Crippen LogP contribution >= 0.6 is 0 Å². The molecule has 210 valence electrons. The van der Waals surface area contributed by atoms with Gasteiger partial charge in [-0.1, -0.05) is 62.4 Å². The van der Waals surface area contributed by atoms with Crippen molar-refractivity contribution in [2.24, 2.45) is 0 Å². The van der Waals surface area contributed by atoms with E-state index < -0.39 is 17.0 Å². The number of benzene rings is 2. The smallest absolute Gasteiger partial charge is 0.316 e. The van der Waals surface area contributed by atoms with Crippen molar-refractivity contribution in [3.8, 4) is 0 Å². The first-order chi connectivity index (χ1) is 18.8. The molecule has 1 saturated heterocycles. The molecule has 3 aromatic rings. The number of aromatic nitrogens is 1. The van der Waals surface area contributed by atoms with Gasteiger partial charge in [-0.25, -0.2) is 0 Å². The number of ether oxygens (including phenoxy) is 2. The summed E-state index contributed by atoms with van der Waals surface area (Å²) in [6.07, 6.45) is 4.13. The molecule has 2 aliphatic rings. The topological polar surface area (TPSA) is 91.9 Å². The summed E-state index contributed by atoms with van der Waals surface area (Å²) < 4.78 is 11.3. The second kappa shape index (κ2) is 12.3. The van der Waals surface area contributed by atoms with Crippen molar-refractivity contribution >= 4 is 22.8 Å². The van der Waals surface area contributed by atoms with Crippen LogP contribution < -0.4 is 0 Å². The first kappa shape index (κ1) is 28.8. The molecule has 0 radical (unpaired) electrons. The molecular weight excluding hydrogens is 492 g/mol. The summed E-state index contributed by atoms with van der Waals surface area (Å²) in [7, 11) is 2.10. The number of carbonyl (C=O) groups excluding carboxylic acids is 1. The van der Waals surface area contributed by atoms with Crippen molar-refractivity contribution in [1.29, 1.82) is 0 Å². The van der Waals surface area contributed by atoms with E-state index in [9.17, 15) is 14.7 Å². The molecule has 7 nitrogen and oxygen atoms in total. The van der Waals surface area contributed by atoms with E-state index in [1.807, 2.05) is 44.2 Å². The van der Waals surface area contributed by atoms with Gasteiger partial charge in [-0.05, 0) is 75.9 Å². The molecule has 1 atom stereocenters. The third-order valence-corrected chi connectivity index (χ3v) is 8.44. The van der Waals surface area contributed by atoms with Crippen molar-refractivity contribution < 1.29 is 24.2 Å². The molecule has 0 amide bonds. The van der Waals surface area contributed by atoms with Crippen LogP contribution in [-0.2, 0) is 42.9 Å². The molecule has 0 saturated carbocycles. The van der Waals surface area contributed by atoms with E-state index in [0.717, 1.165) is 55.5 Å². The number of H-pyrrole nitrogens is 1. The normalized spacial score (nSPS) is 20.5. The summed E-state index contributed by atoms with van der Waals surface area (Å²) >= 11 is 0. The van der Waals surface area contributed by atoms with Crippen LogP contribution in [0.25, 0.3) is 10.9 Å². The number of nitrogens with one attached hydrogen (secondary N) is 1. The third kappa shape index (κ3) is 5.75. The molecule has 7 heteroatoms. The fourth-order valence-electron chi connectivity index (χ4n) is 6.12. The largest absolute Gasteiger partial charge is 0.481 e. The first-order valence-electron chi connectivity index (χ1n) is 14.2. The number of para-hydroxylation sites is 1. The number of hydrogen-bond donors (Lipinski definition) is 2. The van der Waals surface area contributed by atoms with Crippen LogP contribution in [0, 0.1) is 0 Å². The SMILES string of the molecule is CCOC(=O)C1(c2ccccc2)CCN(C)CC1.CCc1cccc2c3c([nH]c12)C(CC)(CC(=O)O)OCC3. The van der Waals surface area contributed by atoms with Gasteiger partial charge in [-0.15, -0.1) is 0 Å². The Morgan fingerprint density at radius 2 is 1.77 bits per heavy atom. The molecule has 1 fully saturated rings. The Hall–Kier alpha value is -3.16. The fraction of sp³-hybridized carbons (Fsp3) is 0.500. The van der Waals surface area contributed by atoms with E-state index in [4.69, 9.17) is 9.47 Å². The first-order valence-corrected chi connectivity index (χ1v) is 14.2. The van der Waals surface area contributed by atoms with E-state index in [-0.39, 0.29) is 12.4 Å². The Morgan fingerprint density at radius 3 is 2.38 bits per heavy atom. The van der Waals surface area contributed by atoms with Crippen molar-refractivity contribution in [3.63, 3.8) is 0 Å². The van der Waals surface area contributed by atoms with E-state index in [1.165, 1.54) is 16.5 Å². The van der Waals surface area contributed by atoms with E-state index in [1.54, 1.807) is 0 Å². The molecule has 5 rings (SSSR count). The van der Waals surface area contributed by atoms with Crippen molar-refractivity contribution in [1.82, 2.24) is 9.88 Å². The van der Waals surface area contributed by atoms with Gasteiger partial charge in [0.05, 0.1) is 30.7 Å². The fourth-order valence-corrected chi connectivity index (χ4v) is 6.12. The number of likely N-dealkylation sites (tertiary alicyclic amines) is 1. The number of carboxylic acid groups (broad SMARTS) is 1. The molecule has 1 unspecified atom stereocenters. The third-order valence-electron chi connectivity index (χ3n) is 8.44. The second-order valence-corrected chi connectivity index (χ2v) is 10.7. The number of carbonyl (C=O) groups is 2. The highest BCUT2D eigenvalue weighted by atomic mass is 16.5. The Balaban J connectivity index is 0.000000183. The van der Waals surface area contributed by atoms with Gasteiger partial charge in [0.25, 0.3) is 0 Å². The summed E-state index contributed by atoms with van der Waals surface area (Å²) in [6.45, 7) is 8.90. The van der Waals surface area contributed by atoms with Crippen LogP contribution in [0.5, 0.6) is 0 Å². The van der Waals surface area contributed by atoms with Crippen molar-refractivity contribution in [3.05, 3.63) is 70.9 Å². The number of aryl methyl sites for hydroxylation is 1. The minimum Gasteiger partial charge on any atom is -0.481 e. The number of aromatic amines is 1. The summed E-state index contributed by atoms with van der Waals surface area (Å²) in [6, 6.07) is 16.4. The number of nitrogens with zero attached hydrogens (tertiary/aromatic N) is 1. The monoisotopic (exact) mass is 534 g/mol. The number of fused-ring (bicyclic) bond motifs is 3. The number of hydrogen-bond acceptors (Lipinski definition) is 5. The summed E-state index contributed by atoms with van der Waals surface area (Å²) in [5, 5.41) is 10.5. The van der Waals surface area contributed by atoms with E-state index in [0.29, 0.717) is 19.6 Å². The zero-order valence-electron chi connectivity index (χ0n) is 23.7. The second-order valence-electron chi connectivity index (χ2n) is 10.7. The summed E-state index contributed by atoms with van der Waals surface area (Å²) in [4.78, 5) is 29.4. The zero-order chi connectivity index (χ0) is 28.0. The lowest BCUT2D eigenvalue weighted by molar-refractivity contribution is -0.152. The number of esters is 1. The molecular formula is C32H42N2O5. The zero-order valence-corrected chi connectivity index (χ0v) is 23.7. The minimum atomic E-state index is -0.820. The van der Waals surface area contributed by atoms with Gasteiger partial charge >= 0.3 is 11.9 Å². The van der Waals surface area contributed by atoms with Crippen LogP contribution in [-0.4, -0.2) is 60.3 Å². The maximum Gasteiger partial charge on any atom is 0.316 e. The van der Waals surface area contributed by atoms with Gasteiger partial charge in [0.15, 0.2) is 0 Å². The molecule has 0 spiro atoms. The average molecular weight is 535 g/mol. The van der Waals surface area contributed by atoms with Gasteiger partial charge in [0, 0.05) is 10.9 Å². The van der Waals surface area contributed by atoms with Crippen molar-refractivity contribution in [2.75, 3.05) is 33.4 Å². The molecule has 1 aromatic heterocycles.